The molecule has 1 aromatic heterocycles. The van der Waals surface area contributed by atoms with Gasteiger partial charge >= 0.3 is 6.18 Å². The molecule has 1 amide bonds. The number of pyridine rings is 1. The maximum Gasteiger partial charge on any atom is 0.431 e. The number of hydrogen-bond donors (Lipinski definition) is 2. The van der Waals surface area contributed by atoms with Crippen LogP contribution in [0.5, 0.6) is 5.75 Å². The van der Waals surface area contributed by atoms with Crippen LogP contribution in [-0.4, -0.2) is 29.7 Å². The summed E-state index contributed by atoms with van der Waals surface area (Å²) < 4.78 is 51.7. The number of carbonyl (C=O) groups excluding carboxylic acids is 1. The third kappa shape index (κ3) is 3.87. The summed E-state index contributed by atoms with van der Waals surface area (Å²) in [5.74, 6) is -0.263. The smallest absolute Gasteiger partial charge is 0.431 e. The summed E-state index contributed by atoms with van der Waals surface area (Å²) in [6.07, 6.45) is -1.18. The molecule has 2 aliphatic heterocycles. The molecule has 0 spiro atoms. The van der Waals surface area contributed by atoms with Crippen molar-refractivity contribution in [1.29, 1.82) is 0 Å². The van der Waals surface area contributed by atoms with Crippen LogP contribution in [0.15, 0.2) is 35.1 Å². The van der Waals surface area contributed by atoms with Crippen molar-refractivity contribution in [3.05, 3.63) is 51.9 Å². The van der Waals surface area contributed by atoms with Crippen molar-refractivity contribution in [3.63, 3.8) is 0 Å². The number of hydrogen-bond acceptors (Lipinski definition) is 4. The first-order valence-electron chi connectivity index (χ1n) is 9.25. The van der Waals surface area contributed by atoms with Gasteiger partial charge in [0.05, 0.1) is 18.8 Å². The molecule has 29 heavy (non-hydrogen) atoms. The standard InChI is InChI=1S/C20H19F3N2O4/c21-20(22,23)17-14(8-15(18(24)26)19(27)25-17)10-1-3-12(4-2-10)28-9-11-7-13-5-6-16(11)29-13/h1-4,8,11,13,16H,5-7,9H2,(H2,24,26)(H,25,27)/t11-,13+,16+/m1/s1. The summed E-state index contributed by atoms with van der Waals surface area (Å²) in [7, 11) is 0. The molecule has 0 aliphatic carbocycles. The molecule has 0 saturated carbocycles. The molecule has 2 aliphatic rings. The second-order valence-corrected chi connectivity index (χ2v) is 7.37. The predicted octanol–water partition coefficient (Wildman–Crippen LogP) is 3.11. The first kappa shape index (κ1) is 19.5. The van der Waals surface area contributed by atoms with E-state index in [9.17, 15) is 22.8 Å². The average molecular weight is 408 g/mol. The number of primary amides is 1. The molecule has 1 aromatic carbocycles. The summed E-state index contributed by atoms with van der Waals surface area (Å²) in [4.78, 5) is 24.9. The van der Waals surface area contributed by atoms with Gasteiger partial charge in [0.1, 0.15) is 17.0 Å². The minimum Gasteiger partial charge on any atom is -0.493 e. The Kier molecular flexibility index (Phi) is 4.85. The SMILES string of the molecule is NC(=O)c1cc(-c2ccc(OC[C@H]3C[C@@H]4CC[C@@H]3O4)cc2)c(C(F)(F)F)[nH]c1=O. The number of nitrogens with one attached hydrogen (secondary N) is 1. The van der Waals surface area contributed by atoms with Gasteiger partial charge in [0.25, 0.3) is 11.5 Å². The molecule has 2 saturated heterocycles. The van der Waals surface area contributed by atoms with Gasteiger partial charge in [-0.1, -0.05) is 12.1 Å². The van der Waals surface area contributed by atoms with Crippen molar-refractivity contribution in [2.75, 3.05) is 6.61 Å². The van der Waals surface area contributed by atoms with Crippen molar-refractivity contribution >= 4 is 5.91 Å². The number of halogens is 3. The Bertz CT molecular complexity index is 985. The topological polar surface area (TPSA) is 94.4 Å². The van der Waals surface area contributed by atoms with E-state index in [2.05, 4.69) is 0 Å². The third-order valence-electron chi connectivity index (χ3n) is 5.45. The largest absolute Gasteiger partial charge is 0.493 e. The van der Waals surface area contributed by atoms with Crippen LogP contribution in [0.25, 0.3) is 11.1 Å². The number of carbonyl (C=O) groups is 1. The van der Waals surface area contributed by atoms with E-state index in [0.717, 1.165) is 25.3 Å². The molecule has 0 unspecified atom stereocenters. The van der Waals surface area contributed by atoms with Gasteiger partial charge in [0.2, 0.25) is 0 Å². The lowest BCUT2D eigenvalue weighted by molar-refractivity contribution is -0.140. The second kappa shape index (κ2) is 7.22. The summed E-state index contributed by atoms with van der Waals surface area (Å²) in [5.41, 5.74) is 1.99. The van der Waals surface area contributed by atoms with Crippen molar-refractivity contribution in [2.45, 2.75) is 37.6 Å². The Morgan fingerprint density at radius 2 is 1.97 bits per heavy atom. The minimum atomic E-state index is -4.80. The quantitative estimate of drug-likeness (QED) is 0.795. The van der Waals surface area contributed by atoms with Crippen LogP contribution in [-0.2, 0) is 10.9 Å². The van der Waals surface area contributed by atoms with Crippen LogP contribution in [0.4, 0.5) is 13.2 Å². The van der Waals surface area contributed by atoms with Crippen LogP contribution in [0.3, 0.4) is 0 Å². The maximum absolute atomic E-state index is 13.4. The van der Waals surface area contributed by atoms with E-state index in [0.29, 0.717) is 24.4 Å². The van der Waals surface area contributed by atoms with E-state index >= 15 is 0 Å². The number of amides is 1. The molecule has 6 nitrogen and oxygen atoms in total. The highest BCUT2D eigenvalue weighted by Gasteiger charge is 2.41. The zero-order valence-electron chi connectivity index (χ0n) is 15.3. The highest BCUT2D eigenvalue weighted by Crippen LogP contribution is 2.39. The van der Waals surface area contributed by atoms with Gasteiger partial charge < -0.3 is 20.2 Å². The number of ether oxygens (including phenoxy) is 2. The number of fused-ring (bicyclic) bond motifs is 2. The summed E-state index contributed by atoms with van der Waals surface area (Å²) >= 11 is 0. The van der Waals surface area contributed by atoms with Gasteiger partial charge in [0, 0.05) is 11.5 Å². The number of aromatic nitrogens is 1. The van der Waals surface area contributed by atoms with Crippen LogP contribution >= 0.6 is 0 Å². The Labute approximate surface area is 163 Å². The van der Waals surface area contributed by atoms with E-state index in [1.807, 2.05) is 0 Å². The van der Waals surface area contributed by atoms with E-state index in [1.54, 1.807) is 17.1 Å². The third-order valence-corrected chi connectivity index (χ3v) is 5.45. The molecule has 9 heteroatoms. The normalized spacial score (nSPS) is 23.3. The molecule has 2 bridgehead atoms. The van der Waals surface area contributed by atoms with Crippen molar-refractivity contribution in [1.82, 2.24) is 4.98 Å². The van der Waals surface area contributed by atoms with Crippen LogP contribution in [0.1, 0.15) is 35.3 Å². The molecular formula is C20H19F3N2O4. The van der Waals surface area contributed by atoms with Gasteiger partial charge in [-0.05, 0) is 43.0 Å². The molecule has 3 heterocycles. The molecule has 2 fully saturated rings. The second-order valence-electron chi connectivity index (χ2n) is 7.37. The van der Waals surface area contributed by atoms with Crippen molar-refractivity contribution in [3.8, 4) is 16.9 Å². The molecule has 3 atom stereocenters. The Morgan fingerprint density at radius 3 is 2.52 bits per heavy atom. The maximum atomic E-state index is 13.4. The Balaban J connectivity index is 1.57. The van der Waals surface area contributed by atoms with E-state index in [1.165, 1.54) is 12.1 Å². The minimum absolute atomic E-state index is 0.173. The molecule has 154 valence electrons. The molecule has 2 aromatic rings. The first-order valence-corrected chi connectivity index (χ1v) is 9.25. The van der Waals surface area contributed by atoms with Gasteiger partial charge in [-0.15, -0.1) is 0 Å². The fourth-order valence-corrected chi connectivity index (χ4v) is 4.02. The zero-order chi connectivity index (χ0) is 20.8. The van der Waals surface area contributed by atoms with E-state index in [4.69, 9.17) is 15.2 Å². The molecule has 3 N–H and O–H groups in total. The number of rotatable bonds is 5. The van der Waals surface area contributed by atoms with Crippen LogP contribution in [0, 0.1) is 5.92 Å². The van der Waals surface area contributed by atoms with Gasteiger partial charge in [0.15, 0.2) is 0 Å². The highest BCUT2D eigenvalue weighted by molar-refractivity contribution is 5.94. The molecule has 4 rings (SSSR count). The highest BCUT2D eigenvalue weighted by atomic mass is 19.4. The molecular weight excluding hydrogens is 389 g/mol. The van der Waals surface area contributed by atoms with Gasteiger partial charge in [-0.25, -0.2) is 0 Å². The van der Waals surface area contributed by atoms with Crippen molar-refractivity contribution in [2.24, 2.45) is 11.7 Å². The lowest BCUT2D eigenvalue weighted by Gasteiger charge is -2.19. The fourth-order valence-electron chi connectivity index (χ4n) is 4.02. The molecule has 0 radical (unpaired) electrons. The Morgan fingerprint density at radius 1 is 1.24 bits per heavy atom. The number of aromatic amines is 1. The number of H-pyrrole nitrogens is 1. The van der Waals surface area contributed by atoms with Crippen LogP contribution < -0.4 is 16.0 Å². The average Bonchev–Trinajstić information content (AvgIpc) is 3.29. The van der Waals surface area contributed by atoms with Crippen LogP contribution in [0.2, 0.25) is 0 Å². The lowest BCUT2D eigenvalue weighted by atomic mass is 9.90. The fraction of sp³-hybridized carbons (Fsp3) is 0.400. The Hall–Kier alpha value is -2.81. The van der Waals surface area contributed by atoms with Crippen molar-refractivity contribution < 1.29 is 27.4 Å². The van der Waals surface area contributed by atoms with Gasteiger partial charge in [-0.2, -0.15) is 13.2 Å². The van der Waals surface area contributed by atoms with Gasteiger partial charge in [-0.3, -0.25) is 9.59 Å². The summed E-state index contributed by atoms with van der Waals surface area (Å²) in [5, 5.41) is 0. The number of benzene rings is 1. The monoisotopic (exact) mass is 408 g/mol. The number of alkyl halides is 3. The number of nitrogens with two attached hydrogens (primary N) is 1. The lowest BCUT2D eigenvalue weighted by Crippen LogP contribution is -2.27. The zero-order valence-corrected chi connectivity index (χ0v) is 15.3. The van der Waals surface area contributed by atoms with E-state index in [-0.39, 0.29) is 17.2 Å². The predicted molar refractivity (Wildman–Crippen MR) is 97.5 cm³/mol. The summed E-state index contributed by atoms with van der Waals surface area (Å²) in [6.45, 7) is 0.485. The summed E-state index contributed by atoms with van der Waals surface area (Å²) in [6, 6.07) is 6.87. The first-order chi connectivity index (χ1) is 13.7. The van der Waals surface area contributed by atoms with E-state index < -0.39 is 28.9 Å².